The molecule has 0 aliphatic heterocycles. The summed E-state index contributed by atoms with van der Waals surface area (Å²) in [4.78, 5) is 12.2. The number of methoxy groups -OCH3 is 2. The number of carbonyl (C=O) groups excluding carboxylic acids is 1. The van der Waals surface area contributed by atoms with Crippen molar-refractivity contribution in [2.24, 2.45) is 5.41 Å². The van der Waals surface area contributed by atoms with Crippen LogP contribution in [-0.4, -0.2) is 29.9 Å². The van der Waals surface area contributed by atoms with Crippen molar-refractivity contribution < 1.29 is 14.3 Å². The molecule has 0 bridgehead atoms. The molecule has 6 nitrogen and oxygen atoms in total. The van der Waals surface area contributed by atoms with Gasteiger partial charge < -0.3 is 14.8 Å². The lowest BCUT2D eigenvalue weighted by atomic mass is 9.92. The highest BCUT2D eigenvalue weighted by Crippen LogP contribution is 2.31. The maximum atomic E-state index is 12.2. The lowest BCUT2D eigenvalue weighted by molar-refractivity contribution is -0.117. The van der Waals surface area contributed by atoms with Crippen LogP contribution in [0.25, 0.3) is 0 Å². The van der Waals surface area contributed by atoms with E-state index in [1.807, 2.05) is 39.0 Å². The number of nitrogens with zero attached hydrogens (tertiary/aromatic N) is 2. The lowest BCUT2D eigenvalue weighted by Gasteiger charge is -2.18. The number of amides is 1. The van der Waals surface area contributed by atoms with Crippen LogP contribution in [0.4, 0.5) is 5.82 Å². The molecule has 1 aromatic heterocycles. The van der Waals surface area contributed by atoms with E-state index in [0.717, 1.165) is 5.56 Å². The maximum Gasteiger partial charge on any atom is 0.226 e. The average molecular weight is 331 g/mol. The number of para-hydroxylation sites is 1. The van der Waals surface area contributed by atoms with E-state index in [4.69, 9.17) is 9.47 Å². The topological polar surface area (TPSA) is 65.4 Å². The minimum atomic E-state index is -0.0645. The molecular weight excluding hydrogens is 306 g/mol. The zero-order valence-corrected chi connectivity index (χ0v) is 14.9. The summed E-state index contributed by atoms with van der Waals surface area (Å²) in [5.74, 6) is 1.97. The second kappa shape index (κ2) is 7.38. The molecule has 6 heteroatoms. The van der Waals surface area contributed by atoms with Gasteiger partial charge in [0.1, 0.15) is 5.82 Å². The van der Waals surface area contributed by atoms with Crippen molar-refractivity contribution in [2.75, 3.05) is 19.5 Å². The Morgan fingerprint density at radius 1 is 1.21 bits per heavy atom. The Labute approximate surface area is 142 Å². The summed E-state index contributed by atoms with van der Waals surface area (Å²) in [5, 5.41) is 7.22. The van der Waals surface area contributed by atoms with Crippen LogP contribution in [0.3, 0.4) is 0 Å². The molecule has 0 aliphatic rings. The molecule has 1 aromatic carbocycles. The number of aromatic nitrogens is 2. The first-order valence-corrected chi connectivity index (χ1v) is 7.85. The van der Waals surface area contributed by atoms with Crippen molar-refractivity contribution in [1.82, 2.24) is 9.78 Å². The fourth-order valence-corrected chi connectivity index (χ4v) is 2.47. The van der Waals surface area contributed by atoms with Crippen molar-refractivity contribution in [1.29, 1.82) is 0 Å². The van der Waals surface area contributed by atoms with Gasteiger partial charge in [-0.05, 0) is 11.5 Å². The zero-order chi connectivity index (χ0) is 17.7. The minimum absolute atomic E-state index is 0.0261. The van der Waals surface area contributed by atoms with Gasteiger partial charge in [0.15, 0.2) is 11.5 Å². The molecule has 0 saturated carbocycles. The quantitative estimate of drug-likeness (QED) is 0.882. The molecule has 0 radical (unpaired) electrons. The summed E-state index contributed by atoms with van der Waals surface area (Å²) in [6, 6.07) is 7.48. The second-order valence-corrected chi connectivity index (χ2v) is 6.81. The molecule has 2 aromatic rings. The Balaban J connectivity index is 2.18. The highest BCUT2D eigenvalue weighted by molar-refractivity contribution is 5.90. The Morgan fingerprint density at radius 2 is 1.96 bits per heavy atom. The number of hydrogen-bond acceptors (Lipinski definition) is 4. The van der Waals surface area contributed by atoms with Crippen LogP contribution in [0, 0.1) is 5.41 Å². The number of nitrogens with one attached hydrogen (secondary N) is 1. The van der Waals surface area contributed by atoms with Gasteiger partial charge in [0.25, 0.3) is 0 Å². The van der Waals surface area contributed by atoms with E-state index < -0.39 is 0 Å². The van der Waals surface area contributed by atoms with Crippen molar-refractivity contribution in [3.63, 3.8) is 0 Å². The Bertz CT molecular complexity index is 702. The third kappa shape index (κ3) is 4.50. The molecule has 1 amide bonds. The van der Waals surface area contributed by atoms with Crippen LogP contribution in [0.15, 0.2) is 30.5 Å². The van der Waals surface area contributed by atoms with Crippen LogP contribution >= 0.6 is 0 Å². The number of anilines is 1. The third-order valence-corrected chi connectivity index (χ3v) is 3.48. The van der Waals surface area contributed by atoms with Gasteiger partial charge in [0.2, 0.25) is 5.91 Å². The van der Waals surface area contributed by atoms with E-state index >= 15 is 0 Å². The summed E-state index contributed by atoms with van der Waals surface area (Å²) >= 11 is 0. The van der Waals surface area contributed by atoms with E-state index in [1.165, 1.54) is 0 Å². The number of rotatable bonds is 6. The first-order valence-electron chi connectivity index (χ1n) is 7.85. The summed E-state index contributed by atoms with van der Waals surface area (Å²) in [7, 11) is 3.21. The van der Waals surface area contributed by atoms with Crippen molar-refractivity contribution in [3.05, 3.63) is 36.0 Å². The smallest absolute Gasteiger partial charge is 0.226 e. The van der Waals surface area contributed by atoms with Crippen molar-refractivity contribution in [2.45, 2.75) is 33.7 Å². The predicted molar refractivity (Wildman–Crippen MR) is 93.6 cm³/mol. The fourth-order valence-electron chi connectivity index (χ4n) is 2.47. The van der Waals surface area contributed by atoms with Gasteiger partial charge in [-0.25, -0.2) is 4.68 Å². The fraction of sp³-hybridized carbons (Fsp3) is 0.444. The van der Waals surface area contributed by atoms with E-state index in [9.17, 15) is 4.79 Å². The minimum Gasteiger partial charge on any atom is -0.493 e. The van der Waals surface area contributed by atoms with E-state index in [1.54, 1.807) is 31.2 Å². The third-order valence-electron chi connectivity index (χ3n) is 3.48. The summed E-state index contributed by atoms with van der Waals surface area (Å²) in [6.07, 6.45) is 2.11. The normalized spacial score (nSPS) is 11.2. The molecule has 2 rings (SSSR count). The van der Waals surface area contributed by atoms with Crippen LogP contribution in [0.1, 0.15) is 32.8 Å². The molecule has 0 spiro atoms. The van der Waals surface area contributed by atoms with Crippen molar-refractivity contribution >= 4 is 11.7 Å². The average Bonchev–Trinajstić information content (AvgIpc) is 2.91. The molecule has 1 N–H and O–H groups in total. The summed E-state index contributed by atoms with van der Waals surface area (Å²) < 4.78 is 12.5. The molecular formula is C18H25N3O3. The largest absolute Gasteiger partial charge is 0.493 e. The Morgan fingerprint density at radius 3 is 2.58 bits per heavy atom. The van der Waals surface area contributed by atoms with Gasteiger partial charge >= 0.3 is 0 Å². The maximum absolute atomic E-state index is 12.2. The molecule has 24 heavy (non-hydrogen) atoms. The van der Waals surface area contributed by atoms with E-state index in [2.05, 4.69) is 10.4 Å². The molecule has 0 unspecified atom stereocenters. The van der Waals surface area contributed by atoms with Crippen LogP contribution in [-0.2, 0) is 11.3 Å². The van der Waals surface area contributed by atoms with Gasteiger partial charge in [-0.2, -0.15) is 5.10 Å². The van der Waals surface area contributed by atoms with E-state index in [0.29, 0.717) is 30.3 Å². The van der Waals surface area contributed by atoms with Gasteiger partial charge in [0, 0.05) is 18.1 Å². The van der Waals surface area contributed by atoms with Crippen LogP contribution < -0.4 is 14.8 Å². The van der Waals surface area contributed by atoms with Crippen LogP contribution in [0.2, 0.25) is 0 Å². The number of ether oxygens (including phenoxy) is 2. The van der Waals surface area contributed by atoms with Gasteiger partial charge in [0.05, 0.1) is 27.0 Å². The SMILES string of the molecule is COc1cccc(Cn2nccc2NC(=O)CC(C)(C)C)c1OC. The highest BCUT2D eigenvalue weighted by Gasteiger charge is 2.18. The van der Waals surface area contributed by atoms with Gasteiger partial charge in [-0.15, -0.1) is 0 Å². The highest BCUT2D eigenvalue weighted by atomic mass is 16.5. The molecule has 130 valence electrons. The van der Waals surface area contributed by atoms with E-state index in [-0.39, 0.29) is 11.3 Å². The van der Waals surface area contributed by atoms with Crippen LogP contribution in [0.5, 0.6) is 11.5 Å². The molecule has 1 heterocycles. The lowest BCUT2D eigenvalue weighted by Crippen LogP contribution is -2.21. The Kier molecular flexibility index (Phi) is 5.49. The molecule has 0 atom stereocenters. The van der Waals surface area contributed by atoms with Gasteiger partial charge in [-0.1, -0.05) is 32.9 Å². The monoisotopic (exact) mass is 331 g/mol. The number of hydrogen-bond donors (Lipinski definition) is 1. The van der Waals surface area contributed by atoms with Crippen molar-refractivity contribution in [3.8, 4) is 11.5 Å². The predicted octanol–water partition coefficient (Wildman–Crippen LogP) is 3.32. The second-order valence-electron chi connectivity index (χ2n) is 6.81. The first-order chi connectivity index (χ1) is 11.3. The number of benzene rings is 1. The molecule has 0 aliphatic carbocycles. The molecule has 0 fully saturated rings. The Hall–Kier alpha value is -2.50. The standard InChI is InChI=1S/C18H25N3O3/c1-18(2,3)11-16(22)20-15-9-10-19-21(15)12-13-7-6-8-14(23-4)17(13)24-5/h6-10H,11-12H2,1-5H3,(H,20,22). The van der Waals surface area contributed by atoms with Gasteiger partial charge in [-0.3, -0.25) is 4.79 Å². The molecule has 0 saturated heterocycles. The summed E-state index contributed by atoms with van der Waals surface area (Å²) in [6.45, 7) is 6.57. The first kappa shape index (κ1) is 17.8. The number of carbonyl (C=O) groups is 1. The summed E-state index contributed by atoms with van der Waals surface area (Å²) in [5.41, 5.74) is 0.858. The zero-order valence-electron chi connectivity index (χ0n) is 14.9.